The number of benzene rings is 10. The van der Waals surface area contributed by atoms with Crippen molar-refractivity contribution in [2.75, 3.05) is 40.1 Å². The lowest BCUT2D eigenvalue weighted by molar-refractivity contribution is -0.384. The molecule has 0 aliphatic carbocycles. The molecule has 0 atom stereocenters. The molecule has 15 N–H and O–H groups in total. The monoisotopic (exact) mass is 2140 g/mol. The van der Waals surface area contributed by atoms with Crippen LogP contribution in [0.2, 0.25) is 0 Å². The van der Waals surface area contributed by atoms with Crippen LogP contribution in [0.5, 0.6) is 34.5 Å². The van der Waals surface area contributed by atoms with Crippen molar-refractivity contribution < 1.29 is 134 Å². The number of nitrogens with two attached hydrogens (primary N) is 5. The smallest absolute Gasteiger partial charge is 0.341 e. The molecule has 0 aliphatic rings. The van der Waals surface area contributed by atoms with Crippen LogP contribution in [0, 0.1) is 51.7 Å². The minimum Gasteiger partial charge on any atom is -0.497 e. The number of ketones is 5. The summed E-state index contributed by atoms with van der Waals surface area (Å²) in [6.07, 6.45) is 0. The molecular formula is C102H92Br2N12O29S. The molecule has 0 radical (unpaired) electrons. The average molecular weight is 2140 g/mol. The van der Waals surface area contributed by atoms with E-state index in [0.29, 0.717) is 107 Å². The van der Waals surface area contributed by atoms with Gasteiger partial charge in [0.15, 0.2) is 33.0 Å². The van der Waals surface area contributed by atoms with E-state index in [4.69, 9.17) is 77.5 Å². The molecule has 754 valence electrons. The van der Waals surface area contributed by atoms with Gasteiger partial charge in [-0.15, -0.1) is 0 Å². The van der Waals surface area contributed by atoms with E-state index < -0.39 is 136 Å². The number of carboxylic acid groups (broad SMARTS) is 4. The Morgan fingerprint density at radius 2 is 0.678 bits per heavy atom. The topological polar surface area (TPSA) is 636 Å². The Balaban J connectivity index is 0.000000175. The number of nitrogens with zero attached hydrogens (tertiary/aromatic N) is 6. The molecule has 146 heavy (non-hydrogen) atoms. The van der Waals surface area contributed by atoms with E-state index in [1.165, 1.54) is 24.3 Å². The van der Waals surface area contributed by atoms with Gasteiger partial charge in [0.2, 0.25) is 0 Å². The molecule has 44 heteroatoms. The number of methoxy groups -OCH3 is 1. The van der Waals surface area contributed by atoms with Gasteiger partial charge in [-0.05, 0) is 153 Å². The number of aryl methyl sites for hydroxylation is 1. The zero-order valence-corrected chi connectivity index (χ0v) is 82.6. The van der Waals surface area contributed by atoms with Crippen molar-refractivity contribution >= 4 is 190 Å². The molecule has 0 fully saturated rings. The highest BCUT2D eigenvalue weighted by atomic mass is 79.9. The summed E-state index contributed by atoms with van der Waals surface area (Å²) in [5.74, 6) is -14.5. The van der Waals surface area contributed by atoms with Crippen molar-refractivity contribution in [2.45, 2.75) is 78.1 Å². The number of amides is 6. The predicted octanol–water partition coefficient (Wildman–Crippen LogP) is 11.4. The minimum absolute atomic E-state index is 0.0588. The molecule has 5 aromatic heterocycles. The minimum atomic E-state index is -4.09. The Bertz CT molecular complexity index is 7890. The second kappa shape index (κ2) is 47.6. The number of alkyl halides is 1. The van der Waals surface area contributed by atoms with Gasteiger partial charge in [0, 0.05) is 65.2 Å². The van der Waals surface area contributed by atoms with E-state index in [2.05, 4.69) is 31.9 Å². The van der Waals surface area contributed by atoms with Gasteiger partial charge in [0.05, 0.1) is 111 Å². The second-order valence-electron chi connectivity index (χ2n) is 32.1. The number of aliphatic carboxylic acids is 4. The summed E-state index contributed by atoms with van der Waals surface area (Å²) < 4.78 is 68.8. The number of nitrogens with one attached hydrogen (secondary N) is 1. The Morgan fingerprint density at radius 3 is 1.05 bits per heavy atom. The highest BCUT2D eigenvalue weighted by Gasteiger charge is 2.35. The van der Waals surface area contributed by atoms with E-state index in [0.717, 1.165) is 33.9 Å². The van der Waals surface area contributed by atoms with E-state index in [9.17, 15) is 90.5 Å². The molecule has 0 saturated carbocycles. The number of aromatic nitrogens is 5. The fourth-order valence-electron chi connectivity index (χ4n) is 16.1. The second-order valence-corrected chi connectivity index (χ2v) is 35.2. The normalized spacial score (nSPS) is 10.9. The number of Topliss-reactive ketones (excluding diaryl/α,β-unsaturated/α-hetero) is 5. The molecule has 10 aromatic carbocycles. The number of ether oxygens (including phenoxy) is 6. The van der Waals surface area contributed by atoms with Gasteiger partial charge in [-0.1, -0.05) is 155 Å². The van der Waals surface area contributed by atoms with Crippen LogP contribution >= 0.6 is 31.9 Å². The molecule has 6 amide bonds. The number of fused-ring (bicyclic) bond motifs is 5. The summed E-state index contributed by atoms with van der Waals surface area (Å²) in [6, 6.07) is 62.2. The van der Waals surface area contributed by atoms with E-state index in [1.807, 2.05) is 141 Å². The molecule has 41 nitrogen and oxygen atoms in total. The molecule has 0 spiro atoms. The van der Waals surface area contributed by atoms with Crippen LogP contribution in [0.15, 0.2) is 228 Å². The lowest BCUT2D eigenvalue weighted by Crippen LogP contribution is -2.34. The van der Waals surface area contributed by atoms with Gasteiger partial charge < -0.3 is 100 Å². The largest absolute Gasteiger partial charge is 0.497 e. The first-order valence-electron chi connectivity index (χ1n) is 43.4. The maximum absolute atomic E-state index is 12.8. The van der Waals surface area contributed by atoms with Crippen LogP contribution in [0.3, 0.4) is 0 Å². The van der Waals surface area contributed by atoms with Gasteiger partial charge in [-0.25, -0.2) is 32.3 Å². The molecule has 15 aromatic rings. The van der Waals surface area contributed by atoms with E-state index in [-0.39, 0.29) is 84.6 Å². The number of nitro groups is 1. The Kier molecular flexibility index (Phi) is 35.3. The van der Waals surface area contributed by atoms with Crippen molar-refractivity contribution in [3.63, 3.8) is 0 Å². The third-order valence-electron chi connectivity index (χ3n) is 22.6. The molecule has 0 bridgehead atoms. The number of hydrogen-bond donors (Lipinski definition) is 10. The molecule has 0 saturated heterocycles. The van der Waals surface area contributed by atoms with Crippen LogP contribution in [-0.2, 0) is 89.6 Å². The van der Waals surface area contributed by atoms with Gasteiger partial charge in [-0.2, -0.15) is 0 Å². The van der Waals surface area contributed by atoms with Crippen molar-refractivity contribution in [3.05, 3.63) is 317 Å². The summed E-state index contributed by atoms with van der Waals surface area (Å²) in [5, 5.41) is 48.5. The highest BCUT2D eigenvalue weighted by Crippen LogP contribution is 2.43. The summed E-state index contributed by atoms with van der Waals surface area (Å²) in [6.45, 7) is 8.54. The standard InChI is InChI=1S/C27H25N3O6S.C21H20N2O6.C20H17BrN2O5.C20H17N3O7.C14H13BrN2O5/c1-17-11-13-20(14-12-17)37(34,35)29-23(31)16-36-22-10-6-9-21-25(22)24(26(32)27(28)33)18(2)30(21)15-19-7-4-3-5-8-19;1-12-18(20(26)21(22)27)19-15(7-4-8-16(19)29-11-17(24)25)23(12)10-13-5-3-6-14(9-13)28-2;1-11-16(19(26)20(22)27)17-14(28-10-15(24)25)8-7-13(21)18(17)23(11)9-12-5-3-2-4-6-12;1-11-17(19(26)20(21)27)18-14(22(11)9-12-5-3-2-4-6-12)7-13(23(28)29)8-15(18)30-10-16(24)25;1-7-11(13(20)14(16)21)12-8(17(7)6-15)3-2-4-9(12)22-5-10(18)19/h3-14H,15-16H2,1-2H3,(H2,28,33)(H,29,31);3-9H,10-11H2,1-2H3,(H2,22,27)(H,24,25);2-8H,9-10H2,1H3,(H2,22,27)(H,24,25);2-8H,9-10H2,1H3,(H2,21,27)(H,24,25);2-4H,5-6H2,1H3,(H2,16,21)(H,18,19). The number of nitro benzene ring substituents is 1. The molecule has 15 rings (SSSR count). The summed E-state index contributed by atoms with van der Waals surface area (Å²) in [4.78, 5) is 187. The van der Waals surface area contributed by atoms with Crippen LogP contribution in [0.4, 0.5) is 5.69 Å². The number of halogens is 2. The number of non-ortho nitro benzene ring substituents is 1. The number of carbonyl (C=O) groups excluding carboxylic acids is 11. The fraction of sp³-hybridized carbons (Fsp3) is 0.167. The first kappa shape index (κ1) is 108. The quantitative estimate of drug-likeness (QED) is 0.00565. The third-order valence-corrected chi connectivity index (χ3v) is 25.2. The first-order valence-corrected chi connectivity index (χ1v) is 46.8. The number of primary amides is 5. The third kappa shape index (κ3) is 25.0. The number of carboxylic acids is 4. The van der Waals surface area contributed by atoms with Crippen LogP contribution in [0.1, 0.15) is 108 Å². The van der Waals surface area contributed by atoms with Gasteiger partial charge >= 0.3 is 23.9 Å². The van der Waals surface area contributed by atoms with Crippen LogP contribution < -0.4 is 61.8 Å². The Morgan fingerprint density at radius 1 is 0.363 bits per heavy atom. The maximum Gasteiger partial charge on any atom is 0.341 e. The van der Waals surface area contributed by atoms with Crippen LogP contribution in [-0.4, -0.2) is 185 Å². The number of rotatable bonds is 38. The van der Waals surface area contributed by atoms with Crippen molar-refractivity contribution in [1.82, 2.24) is 27.6 Å². The zero-order chi connectivity index (χ0) is 107. The summed E-state index contributed by atoms with van der Waals surface area (Å²) in [5.41, 5.74) is 36.3. The van der Waals surface area contributed by atoms with E-state index in [1.54, 1.807) is 124 Å². The number of sulfonamides is 1. The highest BCUT2D eigenvalue weighted by molar-refractivity contribution is 9.10. The van der Waals surface area contributed by atoms with Crippen molar-refractivity contribution in [2.24, 2.45) is 28.7 Å². The van der Waals surface area contributed by atoms with Gasteiger partial charge in [0.25, 0.3) is 80.1 Å². The van der Waals surface area contributed by atoms with Crippen molar-refractivity contribution in [3.8, 4) is 34.5 Å². The lowest BCUT2D eigenvalue weighted by atomic mass is 10.0. The van der Waals surface area contributed by atoms with Crippen molar-refractivity contribution in [1.29, 1.82) is 0 Å². The fourth-order valence-corrected chi connectivity index (χ4v) is 18.3. The number of carbonyl (C=O) groups is 15. The van der Waals surface area contributed by atoms with Gasteiger partial charge in [0.1, 0.15) is 34.5 Å². The summed E-state index contributed by atoms with van der Waals surface area (Å²) in [7, 11) is -2.52. The maximum atomic E-state index is 12.8. The Hall–Kier alpha value is -17.9. The molecule has 5 heterocycles. The van der Waals surface area contributed by atoms with Gasteiger partial charge in [-0.3, -0.25) is 62.9 Å². The summed E-state index contributed by atoms with van der Waals surface area (Å²) >= 11 is 6.81. The SMILES string of the molecule is COc1cccc(Cn2c(C)c(C(=O)C(N)=O)c3c(OCC(=O)O)cccc32)c1.Cc1c(C(=O)C(N)=O)c2c(OCC(=O)O)cc([N+](=O)[O-])cc2n1Cc1ccccc1.Cc1c(C(=O)C(N)=O)c2c(OCC(=O)O)ccc(Br)c2n1Cc1ccccc1.Cc1c(C(=O)C(N)=O)c2c(OCC(=O)O)cccc2n1CBr.Cc1ccc(S(=O)(=O)NC(=O)COc2cccc3c2c(C(=O)C(N)=O)c(C)n3Cc2ccccc2)cc1. The Labute approximate surface area is 845 Å². The van der Waals surface area contributed by atoms with Crippen LogP contribution in [0.25, 0.3) is 54.5 Å². The molecular weight excluding hydrogens is 2050 g/mol. The zero-order valence-electron chi connectivity index (χ0n) is 78.6. The predicted molar refractivity (Wildman–Crippen MR) is 538 cm³/mol. The first-order chi connectivity index (χ1) is 69.3. The molecule has 0 unspecified atom stereocenters. The van der Waals surface area contributed by atoms with E-state index >= 15 is 0 Å². The average Bonchev–Trinajstić information content (AvgIpc) is 1.55. The molecule has 0 aliphatic heterocycles. The number of hydrogen-bond acceptors (Lipinski definition) is 25. The lowest BCUT2D eigenvalue weighted by Gasteiger charge is -2.11.